The van der Waals surface area contributed by atoms with Crippen LogP contribution in [-0.4, -0.2) is 73.4 Å². The van der Waals surface area contributed by atoms with Crippen LogP contribution < -0.4 is 27.0 Å². The smallest absolute Gasteiger partial charge is 0.368 e. The van der Waals surface area contributed by atoms with E-state index in [2.05, 4.69) is 26.2 Å². The summed E-state index contributed by atoms with van der Waals surface area (Å²) in [5.41, 5.74) is 5.40. The Morgan fingerprint density at radius 1 is 1.16 bits per heavy atom. The maximum absolute atomic E-state index is 15.6. The lowest BCUT2D eigenvalue weighted by molar-refractivity contribution is -0.180. The molecule has 0 aliphatic carbocycles. The van der Waals surface area contributed by atoms with Crippen molar-refractivity contribution < 1.29 is 22.4 Å². The van der Waals surface area contributed by atoms with E-state index in [4.69, 9.17) is 5.73 Å². The van der Waals surface area contributed by atoms with Crippen LogP contribution in [0.5, 0.6) is 0 Å². The van der Waals surface area contributed by atoms with E-state index in [1.165, 1.54) is 0 Å². The van der Waals surface area contributed by atoms with Gasteiger partial charge in [0.1, 0.15) is 0 Å². The van der Waals surface area contributed by atoms with Gasteiger partial charge < -0.3 is 11.1 Å². The van der Waals surface area contributed by atoms with E-state index in [9.17, 15) is 18.0 Å². The fraction of sp³-hybridized carbons (Fsp3) is 0.952. The number of rotatable bonds is 6. The fourth-order valence-corrected chi connectivity index (χ4v) is 5.28. The Kier molecular flexibility index (Phi) is 8.07. The molecular formula is C21H38F4N6O. The van der Waals surface area contributed by atoms with Crippen LogP contribution >= 0.6 is 0 Å². The molecule has 7 nitrogen and oxygen atoms in total. The van der Waals surface area contributed by atoms with E-state index >= 15 is 4.39 Å². The van der Waals surface area contributed by atoms with Gasteiger partial charge in [0, 0.05) is 31.8 Å². The first-order chi connectivity index (χ1) is 14.9. The standard InChI is InChI=1S/C21H38F4N6O/c1-20(2,3)9-14(17(26)32)30-18-16(22)19(29-11-28-18)31-8-4-5-15(31)13-7-6-12(10-27-13)21(23,24)25/h12-16,18-19,27-30H,4-11H2,1-3H3,(H2,26,32)/t12?,13?,14-,15?,16?,18?,19?/m1/s1. The van der Waals surface area contributed by atoms with Crippen molar-refractivity contribution in [2.45, 2.75) is 95.7 Å². The summed E-state index contributed by atoms with van der Waals surface area (Å²) in [6, 6.07) is -0.788. The van der Waals surface area contributed by atoms with Gasteiger partial charge in [-0.05, 0) is 37.5 Å². The van der Waals surface area contributed by atoms with Crippen molar-refractivity contribution in [3.05, 3.63) is 0 Å². The van der Waals surface area contributed by atoms with Gasteiger partial charge in [-0.2, -0.15) is 13.2 Å². The molecule has 3 fully saturated rings. The Morgan fingerprint density at radius 3 is 2.44 bits per heavy atom. The molecule has 3 saturated heterocycles. The molecule has 186 valence electrons. The van der Waals surface area contributed by atoms with E-state index < -0.39 is 42.5 Å². The number of hydrogen-bond donors (Lipinski definition) is 5. The highest BCUT2D eigenvalue weighted by Gasteiger charge is 2.47. The van der Waals surface area contributed by atoms with Crippen molar-refractivity contribution in [2.75, 3.05) is 19.8 Å². The zero-order valence-electron chi connectivity index (χ0n) is 19.1. The second kappa shape index (κ2) is 10.1. The van der Waals surface area contributed by atoms with Crippen molar-refractivity contribution in [1.29, 1.82) is 0 Å². The van der Waals surface area contributed by atoms with E-state index in [0.29, 0.717) is 26.1 Å². The number of alkyl halides is 4. The lowest BCUT2D eigenvalue weighted by atomic mass is 9.87. The SMILES string of the molecule is CC(C)(C)C[C@@H](NC1NCNC(N2CCCC2C2CCC(C(F)(F)F)CN2)C1F)C(N)=O. The molecule has 0 aromatic heterocycles. The van der Waals surface area contributed by atoms with E-state index in [1.54, 1.807) is 0 Å². The summed E-state index contributed by atoms with van der Waals surface area (Å²) in [6.07, 6.45) is -4.21. The molecule has 3 heterocycles. The van der Waals surface area contributed by atoms with Gasteiger partial charge in [0.15, 0.2) is 6.17 Å². The first-order valence-electron chi connectivity index (χ1n) is 11.6. The number of halogens is 4. The van der Waals surface area contributed by atoms with E-state index in [0.717, 1.165) is 12.8 Å². The van der Waals surface area contributed by atoms with Crippen molar-refractivity contribution in [2.24, 2.45) is 17.1 Å². The molecule has 1 amide bonds. The number of nitrogens with two attached hydrogens (primary N) is 1. The zero-order chi connectivity index (χ0) is 23.7. The highest BCUT2D eigenvalue weighted by molar-refractivity contribution is 5.79. The first-order valence-corrected chi connectivity index (χ1v) is 11.6. The minimum absolute atomic E-state index is 0.0276. The number of carbonyl (C=O) groups excluding carboxylic acids is 1. The predicted octanol–water partition coefficient (Wildman–Crippen LogP) is 1.40. The molecule has 3 aliphatic heterocycles. The molecule has 32 heavy (non-hydrogen) atoms. The number of nitrogens with one attached hydrogen (secondary N) is 4. The van der Waals surface area contributed by atoms with Gasteiger partial charge in [0.05, 0.1) is 24.3 Å². The lowest BCUT2D eigenvalue weighted by Crippen LogP contribution is -2.71. The number of carbonyl (C=O) groups is 1. The predicted molar refractivity (Wildman–Crippen MR) is 114 cm³/mol. The summed E-state index contributed by atoms with van der Waals surface area (Å²) in [6.45, 7) is 6.91. The average molecular weight is 467 g/mol. The third kappa shape index (κ3) is 6.31. The summed E-state index contributed by atoms with van der Waals surface area (Å²) in [5, 5.41) is 12.4. The van der Waals surface area contributed by atoms with Crippen LogP contribution in [0, 0.1) is 11.3 Å². The van der Waals surface area contributed by atoms with Gasteiger partial charge in [0.25, 0.3) is 0 Å². The number of primary amides is 1. The van der Waals surface area contributed by atoms with Crippen LogP contribution in [0.4, 0.5) is 17.6 Å². The van der Waals surface area contributed by atoms with Crippen molar-refractivity contribution in [3.63, 3.8) is 0 Å². The monoisotopic (exact) mass is 466 g/mol. The molecule has 7 atom stereocenters. The third-order valence-electron chi connectivity index (χ3n) is 6.87. The highest BCUT2D eigenvalue weighted by Crippen LogP contribution is 2.35. The zero-order valence-corrected chi connectivity index (χ0v) is 19.1. The summed E-state index contributed by atoms with van der Waals surface area (Å²) >= 11 is 0. The van der Waals surface area contributed by atoms with E-state index in [1.807, 2.05) is 20.8 Å². The van der Waals surface area contributed by atoms with Crippen LogP contribution in [-0.2, 0) is 4.79 Å². The van der Waals surface area contributed by atoms with Crippen molar-refractivity contribution in [1.82, 2.24) is 26.2 Å². The van der Waals surface area contributed by atoms with Gasteiger partial charge in [-0.25, -0.2) is 4.39 Å². The Hall–Kier alpha value is -1.01. The molecule has 6 unspecified atom stereocenters. The normalized spacial score (nSPS) is 36.2. The van der Waals surface area contributed by atoms with Crippen LogP contribution in [0.15, 0.2) is 0 Å². The molecule has 0 bridgehead atoms. The molecule has 6 N–H and O–H groups in total. The summed E-state index contributed by atoms with van der Waals surface area (Å²) in [5.74, 6) is -1.84. The van der Waals surface area contributed by atoms with Crippen molar-refractivity contribution in [3.8, 4) is 0 Å². The topological polar surface area (TPSA) is 94.4 Å². The van der Waals surface area contributed by atoms with Crippen LogP contribution in [0.25, 0.3) is 0 Å². The number of nitrogens with zero attached hydrogens (tertiary/aromatic N) is 1. The molecule has 11 heteroatoms. The van der Waals surface area contributed by atoms with Crippen LogP contribution in [0.1, 0.15) is 52.9 Å². The van der Waals surface area contributed by atoms with Crippen LogP contribution in [0.3, 0.4) is 0 Å². The molecule has 0 saturated carbocycles. The molecule has 0 aromatic carbocycles. The maximum atomic E-state index is 15.6. The summed E-state index contributed by atoms with van der Waals surface area (Å²) in [7, 11) is 0. The minimum Gasteiger partial charge on any atom is -0.368 e. The Labute approximate surface area is 187 Å². The molecule has 0 spiro atoms. The summed E-state index contributed by atoms with van der Waals surface area (Å²) < 4.78 is 54.7. The second-order valence-electron chi connectivity index (χ2n) is 10.6. The number of piperidine rings is 1. The number of amides is 1. The third-order valence-corrected chi connectivity index (χ3v) is 6.87. The van der Waals surface area contributed by atoms with Gasteiger partial charge >= 0.3 is 6.18 Å². The molecule has 0 radical (unpaired) electrons. The molecule has 3 aliphatic rings. The summed E-state index contributed by atoms with van der Waals surface area (Å²) in [4.78, 5) is 14.0. The van der Waals surface area contributed by atoms with Gasteiger partial charge in [-0.3, -0.25) is 25.6 Å². The number of likely N-dealkylation sites (tertiary alicyclic amines) is 1. The van der Waals surface area contributed by atoms with Gasteiger partial charge in [-0.15, -0.1) is 0 Å². The second-order valence-corrected chi connectivity index (χ2v) is 10.6. The fourth-order valence-electron chi connectivity index (χ4n) is 5.28. The maximum Gasteiger partial charge on any atom is 0.393 e. The lowest BCUT2D eigenvalue weighted by Gasteiger charge is -2.46. The minimum atomic E-state index is -4.18. The molecular weight excluding hydrogens is 428 g/mol. The average Bonchev–Trinajstić information content (AvgIpc) is 3.17. The molecule has 3 rings (SSSR count). The quantitative estimate of drug-likeness (QED) is 0.380. The molecule has 0 aromatic rings. The Bertz CT molecular complexity index is 635. The van der Waals surface area contributed by atoms with Gasteiger partial charge in [-0.1, -0.05) is 20.8 Å². The van der Waals surface area contributed by atoms with Crippen molar-refractivity contribution >= 4 is 5.91 Å². The first kappa shape index (κ1) is 25.6. The van der Waals surface area contributed by atoms with E-state index in [-0.39, 0.29) is 30.5 Å². The highest BCUT2D eigenvalue weighted by atomic mass is 19.4. The van der Waals surface area contributed by atoms with Crippen LogP contribution in [0.2, 0.25) is 0 Å². The Morgan fingerprint density at radius 2 is 1.88 bits per heavy atom. The largest absolute Gasteiger partial charge is 0.393 e. The Balaban J connectivity index is 1.63. The van der Waals surface area contributed by atoms with Gasteiger partial charge in [0.2, 0.25) is 5.91 Å². The number of hydrogen-bond acceptors (Lipinski definition) is 6.